The molecule has 0 saturated carbocycles. The molecule has 4 heteroatoms. The van der Waals surface area contributed by atoms with Crippen LogP contribution in [0.1, 0.15) is 10.4 Å². The molecule has 0 aliphatic carbocycles. The number of benzene rings is 2. The maximum absolute atomic E-state index is 11.2. The van der Waals surface area contributed by atoms with Gasteiger partial charge in [0.25, 0.3) is 0 Å². The molecule has 0 atom stereocenters. The van der Waals surface area contributed by atoms with E-state index in [1.165, 1.54) is 0 Å². The molecule has 0 spiro atoms. The number of carbonyl (C=O) groups is 1. The number of aromatic nitrogens is 3. The van der Waals surface area contributed by atoms with Gasteiger partial charge >= 0.3 is 0 Å². The lowest BCUT2D eigenvalue weighted by molar-refractivity contribution is 0.112. The van der Waals surface area contributed by atoms with E-state index in [4.69, 9.17) is 4.98 Å². The normalized spacial score (nSPS) is 11.4. The molecule has 0 aliphatic rings. The molecule has 0 aliphatic heterocycles. The Morgan fingerprint density at radius 3 is 2.50 bits per heavy atom. The van der Waals surface area contributed by atoms with Crippen LogP contribution < -0.4 is 0 Å². The fourth-order valence-corrected chi connectivity index (χ4v) is 2.73. The molecule has 0 N–H and O–H groups in total. The quantitative estimate of drug-likeness (QED) is 0.495. The first-order chi connectivity index (χ1) is 9.79. The van der Waals surface area contributed by atoms with Gasteiger partial charge in [0.15, 0.2) is 11.9 Å². The van der Waals surface area contributed by atoms with Crippen molar-refractivity contribution in [2.24, 2.45) is 7.05 Å². The standard InChI is InChI=1S/C16H11N3O/c1-19-15-10(9-20)5-4-6-11(15)14-16(19)18-13-8-3-2-7-12(13)17-14/h2-9H,1H3. The van der Waals surface area contributed by atoms with Crippen molar-refractivity contribution in [3.63, 3.8) is 0 Å². The van der Waals surface area contributed by atoms with Crippen molar-refractivity contribution in [3.05, 3.63) is 48.0 Å². The van der Waals surface area contributed by atoms with Crippen molar-refractivity contribution in [2.45, 2.75) is 0 Å². The van der Waals surface area contributed by atoms with Gasteiger partial charge in [-0.1, -0.05) is 24.3 Å². The highest BCUT2D eigenvalue weighted by Gasteiger charge is 2.14. The number of hydrogen-bond donors (Lipinski definition) is 0. The van der Waals surface area contributed by atoms with Crippen LogP contribution in [0.4, 0.5) is 0 Å². The van der Waals surface area contributed by atoms with Crippen molar-refractivity contribution in [1.29, 1.82) is 0 Å². The minimum Gasteiger partial charge on any atom is -0.326 e. The van der Waals surface area contributed by atoms with Gasteiger partial charge in [-0.15, -0.1) is 0 Å². The molecule has 2 aromatic heterocycles. The molecule has 0 unspecified atom stereocenters. The van der Waals surface area contributed by atoms with Gasteiger partial charge in [-0.25, -0.2) is 9.97 Å². The average molecular weight is 261 g/mol. The van der Waals surface area contributed by atoms with Crippen LogP contribution in [-0.4, -0.2) is 20.8 Å². The summed E-state index contributed by atoms with van der Waals surface area (Å²) in [5.41, 5.74) is 4.90. The highest BCUT2D eigenvalue weighted by molar-refractivity contribution is 6.11. The van der Waals surface area contributed by atoms with Crippen LogP contribution in [0.25, 0.3) is 33.1 Å². The van der Waals surface area contributed by atoms with Gasteiger partial charge in [0.05, 0.1) is 16.6 Å². The minimum absolute atomic E-state index is 0.661. The van der Waals surface area contributed by atoms with Crippen LogP contribution in [-0.2, 0) is 7.05 Å². The number of aldehydes is 1. The Balaban J connectivity index is 2.30. The van der Waals surface area contributed by atoms with E-state index in [0.29, 0.717) is 5.56 Å². The van der Waals surface area contributed by atoms with Crippen LogP contribution in [0.2, 0.25) is 0 Å². The zero-order valence-electron chi connectivity index (χ0n) is 10.9. The Morgan fingerprint density at radius 1 is 1.00 bits per heavy atom. The monoisotopic (exact) mass is 261 g/mol. The first-order valence-electron chi connectivity index (χ1n) is 6.38. The number of nitrogens with zero attached hydrogens (tertiary/aromatic N) is 3. The maximum Gasteiger partial charge on any atom is 0.160 e. The fourth-order valence-electron chi connectivity index (χ4n) is 2.73. The summed E-state index contributed by atoms with van der Waals surface area (Å²) in [5.74, 6) is 0. The number of para-hydroxylation sites is 3. The molecule has 0 fully saturated rings. The highest BCUT2D eigenvalue weighted by atomic mass is 16.1. The summed E-state index contributed by atoms with van der Waals surface area (Å²) in [5, 5.41) is 0.963. The molecule has 4 nitrogen and oxygen atoms in total. The third kappa shape index (κ3) is 1.33. The second kappa shape index (κ2) is 3.87. The average Bonchev–Trinajstić information content (AvgIpc) is 2.78. The largest absolute Gasteiger partial charge is 0.326 e. The Labute approximate surface area is 114 Å². The molecule has 2 heterocycles. The lowest BCUT2D eigenvalue weighted by atomic mass is 10.1. The van der Waals surface area contributed by atoms with Crippen LogP contribution in [0.15, 0.2) is 42.5 Å². The zero-order valence-corrected chi connectivity index (χ0v) is 10.9. The number of rotatable bonds is 1. The molecule has 4 aromatic rings. The van der Waals surface area contributed by atoms with Crippen LogP contribution in [0, 0.1) is 0 Å². The molecule has 0 amide bonds. The molecule has 4 rings (SSSR count). The van der Waals surface area contributed by atoms with Crippen molar-refractivity contribution in [1.82, 2.24) is 14.5 Å². The van der Waals surface area contributed by atoms with Crippen molar-refractivity contribution >= 4 is 39.4 Å². The summed E-state index contributed by atoms with van der Waals surface area (Å²) < 4.78 is 1.94. The van der Waals surface area contributed by atoms with Crippen molar-refractivity contribution < 1.29 is 4.79 Å². The van der Waals surface area contributed by atoms with Crippen molar-refractivity contribution in [3.8, 4) is 0 Å². The van der Waals surface area contributed by atoms with Gasteiger partial charge in [0.1, 0.15) is 5.52 Å². The van der Waals surface area contributed by atoms with Gasteiger partial charge in [0.2, 0.25) is 0 Å². The van der Waals surface area contributed by atoms with Crippen molar-refractivity contribution in [2.75, 3.05) is 0 Å². The fraction of sp³-hybridized carbons (Fsp3) is 0.0625. The first kappa shape index (κ1) is 11.1. The third-order valence-corrected chi connectivity index (χ3v) is 3.65. The SMILES string of the molecule is Cn1c2nc3ccccc3nc2c2cccc(C=O)c21. The Hall–Kier alpha value is -2.75. The summed E-state index contributed by atoms with van der Waals surface area (Å²) in [4.78, 5) is 20.6. The van der Waals surface area contributed by atoms with Gasteiger partial charge in [-0.05, 0) is 18.2 Å². The number of fused-ring (bicyclic) bond motifs is 4. The van der Waals surface area contributed by atoms with Gasteiger partial charge < -0.3 is 4.57 Å². The van der Waals surface area contributed by atoms with Gasteiger partial charge in [-0.2, -0.15) is 0 Å². The van der Waals surface area contributed by atoms with E-state index >= 15 is 0 Å². The second-order valence-corrected chi connectivity index (χ2v) is 4.80. The highest BCUT2D eigenvalue weighted by Crippen LogP contribution is 2.28. The third-order valence-electron chi connectivity index (χ3n) is 3.65. The summed E-state index contributed by atoms with van der Waals surface area (Å²) in [7, 11) is 1.92. The summed E-state index contributed by atoms with van der Waals surface area (Å²) in [6, 6.07) is 13.5. The Bertz CT molecular complexity index is 985. The van der Waals surface area contributed by atoms with Crippen LogP contribution >= 0.6 is 0 Å². The lowest BCUT2D eigenvalue weighted by Gasteiger charge is -2.00. The predicted octanol–water partition coefficient (Wildman–Crippen LogP) is 3.09. The number of carbonyl (C=O) groups excluding carboxylic acids is 1. The topological polar surface area (TPSA) is 47.8 Å². The van der Waals surface area contributed by atoms with E-state index in [-0.39, 0.29) is 0 Å². The van der Waals surface area contributed by atoms with E-state index < -0.39 is 0 Å². The van der Waals surface area contributed by atoms with Gasteiger partial charge in [-0.3, -0.25) is 4.79 Å². The molecule has 0 bridgehead atoms. The van der Waals surface area contributed by atoms with E-state index in [0.717, 1.165) is 39.4 Å². The van der Waals surface area contributed by atoms with Gasteiger partial charge in [0, 0.05) is 18.0 Å². The zero-order chi connectivity index (χ0) is 13.7. The Morgan fingerprint density at radius 2 is 1.75 bits per heavy atom. The molecule has 0 radical (unpaired) electrons. The predicted molar refractivity (Wildman–Crippen MR) is 78.9 cm³/mol. The molecule has 0 saturated heterocycles. The summed E-state index contributed by atoms with van der Waals surface area (Å²) >= 11 is 0. The molecule has 96 valence electrons. The maximum atomic E-state index is 11.2. The molecule has 2 aromatic carbocycles. The molecule has 20 heavy (non-hydrogen) atoms. The Kier molecular flexibility index (Phi) is 2.15. The van der Waals surface area contributed by atoms with E-state index in [2.05, 4.69) is 4.98 Å². The second-order valence-electron chi connectivity index (χ2n) is 4.80. The van der Waals surface area contributed by atoms with E-state index in [1.807, 2.05) is 54.1 Å². The van der Waals surface area contributed by atoms with Crippen LogP contribution in [0.3, 0.4) is 0 Å². The smallest absolute Gasteiger partial charge is 0.160 e. The van der Waals surface area contributed by atoms with E-state index in [9.17, 15) is 4.79 Å². The first-order valence-corrected chi connectivity index (χ1v) is 6.38. The lowest BCUT2D eigenvalue weighted by Crippen LogP contribution is -1.93. The summed E-state index contributed by atoms with van der Waals surface area (Å²) in [6.07, 6.45) is 0.876. The molecular formula is C16H11N3O. The summed E-state index contributed by atoms with van der Waals surface area (Å²) in [6.45, 7) is 0. The minimum atomic E-state index is 0.661. The number of aryl methyl sites for hydroxylation is 1. The van der Waals surface area contributed by atoms with Crippen LogP contribution in [0.5, 0.6) is 0 Å². The van der Waals surface area contributed by atoms with E-state index in [1.54, 1.807) is 0 Å². The molecular weight excluding hydrogens is 250 g/mol. The number of hydrogen-bond acceptors (Lipinski definition) is 3.